The smallest absolute Gasteiger partial charge is 0.257 e. The lowest BCUT2D eigenvalue weighted by Crippen LogP contribution is -2.35. The topological polar surface area (TPSA) is 20.3 Å². The zero-order valence-corrected chi connectivity index (χ0v) is 10.5. The molecule has 1 fully saturated rings. The lowest BCUT2D eigenvalue weighted by molar-refractivity contribution is 0.0749. The zero-order chi connectivity index (χ0) is 12.4. The molecule has 0 aliphatic heterocycles. The third-order valence-corrected chi connectivity index (χ3v) is 3.17. The normalized spacial score (nSPS) is 14.8. The van der Waals surface area contributed by atoms with Crippen molar-refractivity contribution >= 4 is 17.5 Å². The standard InChI is InChI=1S/C13H15ClFNO/c1-9-3-2-4-11(12(9)15)13(17)16(8-7-14)10-5-6-10/h2-4,10H,5-8H2,1H3. The first-order valence-corrected chi connectivity index (χ1v) is 6.30. The maximum Gasteiger partial charge on any atom is 0.257 e. The third-order valence-electron chi connectivity index (χ3n) is 3.00. The molecule has 0 bridgehead atoms. The van der Waals surface area contributed by atoms with Gasteiger partial charge < -0.3 is 4.90 Å². The first-order valence-electron chi connectivity index (χ1n) is 5.77. The van der Waals surface area contributed by atoms with Gasteiger partial charge in [-0.05, 0) is 31.4 Å². The Kier molecular flexibility index (Phi) is 3.67. The van der Waals surface area contributed by atoms with Gasteiger partial charge in [-0.3, -0.25) is 4.79 Å². The number of hydrogen-bond donors (Lipinski definition) is 0. The molecule has 1 saturated carbocycles. The molecule has 0 radical (unpaired) electrons. The number of alkyl halides is 1. The largest absolute Gasteiger partial charge is 0.334 e. The number of rotatable bonds is 4. The molecule has 0 unspecified atom stereocenters. The average Bonchev–Trinajstić information content (AvgIpc) is 3.13. The molecule has 1 aliphatic carbocycles. The van der Waals surface area contributed by atoms with E-state index in [4.69, 9.17) is 11.6 Å². The molecule has 0 saturated heterocycles. The Hall–Kier alpha value is -1.09. The summed E-state index contributed by atoms with van der Waals surface area (Å²) in [7, 11) is 0. The number of carbonyl (C=O) groups is 1. The van der Waals surface area contributed by atoms with Crippen LogP contribution in [0.15, 0.2) is 18.2 Å². The molecule has 2 nitrogen and oxygen atoms in total. The highest BCUT2D eigenvalue weighted by Crippen LogP contribution is 2.28. The molecule has 0 N–H and O–H groups in total. The molecule has 0 spiro atoms. The summed E-state index contributed by atoms with van der Waals surface area (Å²) in [6.45, 7) is 2.15. The summed E-state index contributed by atoms with van der Waals surface area (Å²) in [6, 6.07) is 5.15. The maximum absolute atomic E-state index is 13.9. The van der Waals surface area contributed by atoms with E-state index in [0.29, 0.717) is 18.0 Å². The van der Waals surface area contributed by atoms with E-state index < -0.39 is 5.82 Å². The van der Waals surface area contributed by atoms with Gasteiger partial charge in [-0.2, -0.15) is 0 Å². The van der Waals surface area contributed by atoms with E-state index in [0.717, 1.165) is 12.8 Å². The molecule has 0 atom stereocenters. The zero-order valence-electron chi connectivity index (χ0n) is 9.75. The molecule has 17 heavy (non-hydrogen) atoms. The van der Waals surface area contributed by atoms with Gasteiger partial charge in [-0.25, -0.2) is 4.39 Å². The predicted molar refractivity (Wildman–Crippen MR) is 65.9 cm³/mol. The Balaban J connectivity index is 2.25. The number of aryl methyl sites for hydroxylation is 1. The van der Waals surface area contributed by atoms with E-state index in [-0.39, 0.29) is 17.5 Å². The van der Waals surface area contributed by atoms with Crippen LogP contribution in [-0.4, -0.2) is 29.3 Å². The molecular formula is C13H15ClFNO. The van der Waals surface area contributed by atoms with Crippen molar-refractivity contribution < 1.29 is 9.18 Å². The number of hydrogen-bond acceptors (Lipinski definition) is 1. The third kappa shape index (κ3) is 2.60. The second-order valence-corrected chi connectivity index (χ2v) is 4.73. The fourth-order valence-corrected chi connectivity index (χ4v) is 2.08. The minimum absolute atomic E-state index is 0.155. The highest BCUT2D eigenvalue weighted by atomic mass is 35.5. The Morgan fingerprint density at radius 1 is 1.53 bits per heavy atom. The van der Waals surface area contributed by atoms with Gasteiger partial charge in [0.15, 0.2) is 0 Å². The lowest BCUT2D eigenvalue weighted by Gasteiger charge is -2.21. The van der Waals surface area contributed by atoms with Crippen LogP contribution in [0.4, 0.5) is 4.39 Å². The fraction of sp³-hybridized carbons (Fsp3) is 0.462. The Labute approximate surface area is 105 Å². The van der Waals surface area contributed by atoms with Crippen LogP contribution < -0.4 is 0 Å². The Morgan fingerprint density at radius 2 is 2.24 bits per heavy atom. The maximum atomic E-state index is 13.9. The molecule has 1 aromatic carbocycles. The van der Waals surface area contributed by atoms with Crippen molar-refractivity contribution in [3.8, 4) is 0 Å². The first-order chi connectivity index (χ1) is 8.15. The molecule has 92 valence electrons. The van der Waals surface area contributed by atoms with Crippen LogP contribution in [0, 0.1) is 12.7 Å². The number of amides is 1. The van der Waals surface area contributed by atoms with Crippen LogP contribution in [0.5, 0.6) is 0 Å². The summed E-state index contributed by atoms with van der Waals surface area (Å²) in [4.78, 5) is 13.9. The Morgan fingerprint density at radius 3 is 2.82 bits per heavy atom. The van der Waals surface area contributed by atoms with E-state index in [9.17, 15) is 9.18 Å². The molecule has 1 amide bonds. The van der Waals surface area contributed by atoms with Crippen molar-refractivity contribution in [2.75, 3.05) is 12.4 Å². The van der Waals surface area contributed by atoms with Gasteiger partial charge in [-0.1, -0.05) is 12.1 Å². The summed E-state index contributed by atoms with van der Waals surface area (Å²) >= 11 is 5.68. The summed E-state index contributed by atoms with van der Waals surface area (Å²) < 4.78 is 13.9. The molecule has 4 heteroatoms. The predicted octanol–water partition coefficient (Wildman–Crippen LogP) is 2.98. The van der Waals surface area contributed by atoms with Crippen molar-refractivity contribution in [1.82, 2.24) is 4.90 Å². The quantitative estimate of drug-likeness (QED) is 0.758. The second-order valence-electron chi connectivity index (χ2n) is 4.36. The average molecular weight is 256 g/mol. The van der Waals surface area contributed by atoms with Crippen molar-refractivity contribution in [3.05, 3.63) is 35.1 Å². The second kappa shape index (κ2) is 5.05. The summed E-state index contributed by atoms with van der Waals surface area (Å²) in [5.74, 6) is -0.276. The fourth-order valence-electron chi connectivity index (χ4n) is 1.89. The number of benzene rings is 1. The summed E-state index contributed by atoms with van der Waals surface area (Å²) in [6.07, 6.45) is 1.99. The van der Waals surface area contributed by atoms with E-state index in [1.807, 2.05) is 0 Å². The van der Waals surface area contributed by atoms with Crippen LogP contribution >= 0.6 is 11.6 Å². The molecule has 1 aromatic rings. The van der Waals surface area contributed by atoms with Gasteiger partial charge in [0.05, 0.1) is 5.56 Å². The van der Waals surface area contributed by atoms with Gasteiger partial charge in [0, 0.05) is 18.5 Å². The molecule has 0 aromatic heterocycles. The molecule has 0 heterocycles. The SMILES string of the molecule is Cc1cccc(C(=O)N(CCCl)C2CC2)c1F. The van der Waals surface area contributed by atoms with E-state index in [1.165, 1.54) is 6.07 Å². The van der Waals surface area contributed by atoms with E-state index >= 15 is 0 Å². The molecule has 1 aliphatic rings. The monoisotopic (exact) mass is 255 g/mol. The van der Waals surface area contributed by atoms with Crippen LogP contribution in [0.2, 0.25) is 0 Å². The minimum atomic E-state index is -0.419. The number of carbonyl (C=O) groups excluding carboxylic acids is 1. The van der Waals surface area contributed by atoms with Crippen molar-refractivity contribution in [2.24, 2.45) is 0 Å². The van der Waals surface area contributed by atoms with Crippen LogP contribution in [0.1, 0.15) is 28.8 Å². The highest BCUT2D eigenvalue weighted by Gasteiger charge is 2.33. The van der Waals surface area contributed by atoms with Gasteiger partial charge >= 0.3 is 0 Å². The lowest BCUT2D eigenvalue weighted by atomic mass is 10.1. The highest BCUT2D eigenvalue weighted by molar-refractivity contribution is 6.18. The van der Waals surface area contributed by atoms with E-state index in [2.05, 4.69) is 0 Å². The van der Waals surface area contributed by atoms with Crippen LogP contribution in [0.25, 0.3) is 0 Å². The van der Waals surface area contributed by atoms with Crippen LogP contribution in [-0.2, 0) is 0 Å². The van der Waals surface area contributed by atoms with Gasteiger partial charge in [0.25, 0.3) is 5.91 Å². The van der Waals surface area contributed by atoms with E-state index in [1.54, 1.807) is 24.0 Å². The van der Waals surface area contributed by atoms with Gasteiger partial charge in [0.2, 0.25) is 0 Å². The molecular weight excluding hydrogens is 241 g/mol. The van der Waals surface area contributed by atoms with Crippen molar-refractivity contribution in [3.63, 3.8) is 0 Å². The summed E-state index contributed by atoms with van der Waals surface area (Å²) in [5.41, 5.74) is 0.652. The minimum Gasteiger partial charge on any atom is -0.334 e. The van der Waals surface area contributed by atoms with Gasteiger partial charge in [0.1, 0.15) is 5.82 Å². The van der Waals surface area contributed by atoms with Gasteiger partial charge in [-0.15, -0.1) is 11.6 Å². The van der Waals surface area contributed by atoms with Crippen LogP contribution in [0.3, 0.4) is 0 Å². The summed E-state index contributed by atoms with van der Waals surface area (Å²) in [5, 5.41) is 0. The first kappa shape index (κ1) is 12.4. The number of nitrogens with zero attached hydrogens (tertiary/aromatic N) is 1. The molecule has 2 rings (SSSR count). The van der Waals surface area contributed by atoms with Crippen molar-refractivity contribution in [2.45, 2.75) is 25.8 Å². The Bertz CT molecular complexity index is 431. The van der Waals surface area contributed by atoms with Crippen molar-refractivity contribution in [1.29, 1.82) is 0 Å². The number of halogens is 2.